The van der Waals surface area contributed by atoms with E-state index in [4.69, 9.17) is 4.74 Å². The van der Waals surface area contributed by atoms with Gasteiger partial charge < -0.3 is 4.74 Å². The van der Waals surface area contributed by atoms with Crippen molar-refractivity contribution in [2.75, 3.05) is 0 Å². The fraction of sp³-hybridized carbons (Fsp3) is 0. The van der Waals surface area contributed by atoms with Crippen LogP contribution in [0.15, 0.2) is 109 Å². The average Bonchev–Trinajstić information content (AvgIpc) is 2.93. The lowest BCUT2D eigenvalue weighted by atomic mass is 9.93. The number of hydrogen-bond donors (Lipinski definition) is 0. The molecule has 29 heavy (non-hydrogen) atoms. The highest BCUT2D eigenvalue weighted by atomic mass is 16.5. The van der Waals surface area contributed by atoms with Gasteiger partial charge >= 0.3 is 0 Å². The zero-order chi connectivity index (χ0) is 19.2. The molecule has 1 nitrogen and oxygen atoms in total. The standard InChI is InChI=1S/C28H18O/c1-2-8-20-17-21(14-13-19(20)7-1)22-15-16-26-24-10-4-3-9-23(24)25-11-5-6-12-27(25)29-28(26)18-22/h1-18H. The Kier molecular flexibility index (Phi) is 3.54. The molecule has 1 heteroatoms. The fourth-order valence-electron chi connectivity index (χ4n) is 4.23. The quantitative estimate of drug-likeness (QED) is 0.285. The van der Waals surface area contributed by atoms with Crippen LogP contribution in [0.5, 0.6) is 11.5 Å². The first-order valence-corrected chi connectivity index (χ1v) is 9.87. The maximum absolute atomic E-state index is 6.43. The van der Waals surface area contributed by atoms with E-state index in [9.17, 15) is 0 Å². The van der Waals surface area contributed by atoms with Crippen molar-refractivity contribution in [1.29, 1.82) is 0 Å². The number of rotatable bonds is 1. The Labute approximate surface area is 169 Å². The Morgan fingerprint density at radius 1 is 0.379 bits per heavy atom. The van der Waals surface area contributed by atoms with Gasteiger partial charge in [0.2, 0.25) is 0 Å². The summed E-state index contributed by atoms with van der Waals surface area (Å²) in [5, 5.41) is 2.50. The van der Waals surface area contributed by atoms with Crippen LogP contribution in [0.4, 0.5) is 0 Å². The molecular formula is C28H18O. The van der Waals surface area contributed by atoms with Gasteiger partial charge in [0.15, 0.2) is 0 Å². The number of fused-ring (bicyclic) bond motifs is 6. The van der Waals surface area contributed by atoms with Crippen LogP contribution in [0.2, 0.25) is 0 Å². The van der Waals surface area contributed by atoms with E-state index in [-0.39, 0.29) is 0 Å². The zero-order valence-electron chi connectivity index (χ0n) is 15.8. The molecule has 0 aromatic heterocycles. The molecule has 1 aliphatic rings. The summed E-state index contributed by atoms with van der Waals surface area (Å²) in [5.74, 6) is 1.79. The minimum atomic E-state index is 0.896. The molecule has 0 saturated carbocycles. The van der Waals surface area contributed by atoms with Crippen LogP contribution in [0.3, 0.4) is 0 Å². The predicted octanol–water partition coefficient (Wildman–Crippen LogP) is 7.95. The summed E-state index contributed by atoms with van der Waals surface area (Å²) in [6.07, 6.45) is 0. The molecular weight excluding hydrogens is 352 g/mol. The van der Waals surface area contributed by atoms with Gasteiger partial charge in [0.25, 0.3) is 0 Å². The van der Waals surface area contributed by atoms with Crippen LogP contribution < -0.4 is 4.74 Å². The summed E-state index contributed by atoms with van der Waals surface area (Å²) in [6.45, 7) is 0. The Hall–Kier alpha value is -3.84. The Morgan fingerprint density at radius 2 is 0.966 bits per heavy atom. The van der Waals surface area contributed by atoms with E-state index >= 15 is 0 Å². The normalized spacial score (nSPS) is 11.7. The van der Waals surface area contributed by atoms with E-state index in [0.29, 0.717) is 0 Å². The Morgan fingerprint density at radius 3 is 1.79 bits per heavy atom. The molecule has 5 aromatic rings. The van der Waals surface area contributed by atoms with Gasteiger partial charge in [0.1, 0.15) is 11.5 Å². The van der Waals surface area contributed by atoms with E-state index < -0.39 is 0 Å². The summed E-state index contributed by atoms with van der Waals surface area (Å²) >= 11 is 0. The highest BCUT2D eigenvalue weighted by molar-refractivity contribution is 5.92. The maximum Gasteiger partial charge on any atom is 0.135 e. The Balaban J connectivity index is 1.55. The summed E-state index contributed by atoms with van der Waals surface area (Å²) < 4.78 is 6.43. The average molecular weight is 370 g/mol. The van der Waals surface area contributed by atoms with E-state index in [0.717, 1.165) is 28.2 Å². The van der Waals surface area contributed by atoms with E-state index in [1.54, 1.807) is 0 Å². The van der Waals surface area contributed by atoms with Gasteiger partial charge in [-0.05, 0) is 57.3 Å². The van der Waals surface area contributed by atoms with Crippen LogP contribution in [0.1, 0.15) is 0 Å². The minimum absolute atomic E-state index is 0.896. The first-order valence-electron chi connectivity index (χ1n) is 9.87. The number of ether oxygens (including phenoxy) is 1. The number of benzene rings is 5. The zero-order valence-corrected chi connectivity index (χ0v) is 15.8. The van der Waals surface area contributed by atoms with Crippen LogP contribution in [-0.2, 0) is 0 Å². The van der Waals surface area contributed by atoms with Gasteiger partial charge in [-0.25, -0.2) is 0 Å². The molecule has 0 unspecified atom stereocenters. The third-order valence-electron chi connectivity index (χ3n) is 5.68. The third kappa shape index (κ3) is 2.63. The summed E-state index contributed by atoms with van der Waals surface area (Å²) in [6, 6.07) is 38.4. The molecule has 6 rings (SSSR count). The molecule has 0 spiro atoms. The Bertz CT molecular complexity index is 1380. The van der Waals surface area contributed by atoms with Gasteiger partial charge in [-0.1, -0.05) is 84.9 Å². The molecule has 0 fully saturated rings. The third-order valence-corrected chi connectivity index (χ3v) is 5.68. The van der Waals surface area contributed by atoms with E-state index in [1.807, 2.05) is 12.1 Å². The molecule has 0 radical (unpaired) electrons. The van der Waals surface area contributed by atoms with Crippen molar-refractivity contribution in [1.82, 2.24) is 0 Å². The van der Waals surface area contributed by atoms with Gasteiger partial charge in [-0.15, -0.1) is 0 Å². The molecule has 1 heterocycles. The van der Waals surface area contributed by atoms with Gasteiger partial charge in [0.05, 0.1) is 0 Å². The first kappa shape index (κ1) is 16.1. The van der Waals surface area contributed by atoms with E-state index in [2.05, 4.69) is 97.1 Å². The molecule has 0 N–H and O–H groups in total. The molecule has 0 saturated heterocycles. The van der Waals surface area contributed by atoms with Gasteiger partial charge in [0, 0.05) is 11.1 Å². The van der Waals surface area contributed by atoms with Crippen molar-refractivity contribution in [3.63, 3.8) is 0 Å². The van der Waals surface area contributed by atoms with Crippen molar-refractivity contribution in [2.45, 2.75) is 0 Å². The molecule has 0 atom stereocenters. The summed E-state index contributed by atoms with van der Waals surface area (Å²) in [4.78, 5) is 0. The lowest BCUT2D eigenvalue weighted by molar-refractivity contribution is 0.488. The second-order valence-corrected chi connectivity index (χ2v) is 7.42. The second kappa shape index (κ2) is 6.35. The van der Waals surface area contributed by atoms with Crippen LogP contribution in [-0.4, -0.2) is 0 Å². The highest BCUT2D eigenvalue weighted by Crippen LogP contribution is 2.47. The molecule has 1 aliphatic heterocycles. The number of hydrogen-bond acceptors (Lipinski definition) is 1. The van der Waals surface area contributed by atoms with Crippen LogP contribution in [0, 0.1) is 0 Å². The molecule has 136 valence electrons. The number of para-hydroxylation sites is 1. The summed E-state index contributed by atoms with van der Waals surface area (Å²) in [7, 11) is 0. The minimum Gasteiger partial charge on any atom is -0.456 e. The molecule has 0 bridgehead atoms. The van der Waals surface area contributed by atoms with Crippen LogP contribution in [0.25, 0.3) is 44.2 Å². The monoisotopic (exact) mass is 370 g/mol. The second-order valence-electron chi connectivity index (χ2n) is 7.42. The summed E-state index contributed by atoms with van der Waals surface area (Å²) in [5.41, 5.74) is 7.03. The van der Waals surface area contributed by atoms with Crippen molar-refractivity contribution >= 4 is 10.8 Å². The lowest BCUT2D eigenvalue weighted by Crippen LogP contribution is -1.88. The predicted molar refractivity (Wildman–Crippen MR) is 120 cm³/mol. The molecule has 5 aromatic carbocycles. The first-order chi connectivity index (χ1) is 14.4. The van der Waals surface area contributed by atoms with Gasteiger partial charge in [-0.3, -0.25) is 0 Å². The fourth-order valence-corrected chi connectivity index (χ4v) is 4.23. The van der Waals surface area contributed by atoms with Crippen LogP contribution >= 0.6 is 0 Å². The molecule has 0 amide bonds. The maximum atomic E-state index is 6.43. The van der Waals surface area contributed by atoms with Crippen molar-refractivity contribution < 1.29 is 4.74 Å². The van der Waals surface area contributed by atoms with Crippen molar-refractivity contribution in [2.24, 2.45) is 0 Å². The molecule has 0 aliphatic carbocycles. The topological polar surface area (TPSA) is 9.23 Å². The largest absolute Gasteiger partial charge is 0.456 e. The van der Waals surface area contributed by atoms with Gasteiger partial charge in [-0.2, -0.15) is 0 Å². The van der Waals surface area contributed by atoms with Crippen molar-refractivity contribution in [3.8, 4) is 44.9 Å². The van der Waals surface area contributed by atoms with E-state index in [1.165, 1.54) is 27.5 Å². The smallest absolute Gasteiger partial charge is 0.135 e. The van der Waals surface area contributed by atoms with Crippen molar-refractivity contribution in [3.05, 3.63) is 109 Å². The SMILES string of the molecule is c1ccc2c(c1)Oc1cc(-c3ccc4ccccc4c3)ccc1-c1ccccc1-2. The highest BCUT2D eigenvalue weighted by Gasteiger charge is 2.20. The lowest BCUT2D eigenvalue weighted by Gasteiger charge is -2.12.